The van der Waals surface area contributed by atoms with Gasteiger partial charge in [0.1, 0.15) is 5.52 Å². The lowest BCUT2D eigenvalue weighted by molar-refractivity contribution is -0.114. The minimum absolute atomic E-state index is 0.0879. The largest absolute Gasteiger partial charge is 0.436 e. The van der Waals surface area contributed by atoms with Crippen LogP contribution in [0.25, 0.3) is 22.6 Å². The van der Waals surface area contributed by atoms with E-state index in [1.807, 2.05) is 49.4 Å². The van der Waals surface area contributed by atoms with E-state index in [-0.39, 0.29) is 5.91 Å². The van der Waals surface area contributed by atoms with Crippen LogP contribution in [-0.2, 0) is 4.79 Å². The SMILES string of the molecule is CC(=O)Nc1ccc(-c2nc3ccc(C)cc3o2)cc1. The van der Waals surface area contributed by atoms with Crippen molar-refractivity contribution in [3.63, 3.8) is 0 Å². The van der Waals surface area contributed by atoms with Crippen LogP contribution in [-0.4, -0.2) is 10.9 Å². The Morgan fingerprint density at radius 2 is 1.90 bits per heavy atom. The van der Waals surface area contributed by atoms with Gasteiger partial charge in [-0.2, -0.15) is 0 Å². The first-order valence-corrected chi connectivity index (χ1v) is 6.37. The lowest BCUT2D eigenvalue weighted by Gasteiger charge is -2.01. The van der Waals surface area contributed by atoms with Crippen LogP contribution in [0, 0.1) is 6.92 Å². The number of carbonyl (C=O) groups is 1. The van der Waals surface area contributed by atoms with Gasteiger partial charge in [0.05, 0.1) is 0 Å². The summed E-state index contributed by atoms with van der Waals surface area (Å²) in [5.41, 5.74) is 4.41. The van der Waals surface area contributed by atoms with Gasteiger partial charge in [-0.05, 0) is 48.9 Å². The highest BCUT2D eigenvalue weighted by Crippen LogP contribution is 2.25. The van der Waals surface area contributed by atoms with Gasteiger partial charge in [-0.15, -0.1) is 0 Å². The van der Waals surface area contributed by atoms with Crippen molar-refractivity contribution in [2.45, 2.75) is 13.8 Å². The van der Waals surface area contributed by atoms with Crippen LogP contribution < -0.4 is 5.32 Å². The fraction of sp³-hybridized carbons (Fsp3) is 0.125. The molecule has 100 valence electrons. The van der Waals surface area contributed by atoms with Crippen LogP contribution in [0.3, 0.4) is 0 Å². The highest BCUT2D eigenvalue weighted by Gasteiger charge is 2.08. The van der Waals surface area contributed by atoms with Gasteiger partial charge < -0.3 is 9.73 Å². The number of carbonyl (C=O) groups excluding carboxylic acids is 1. The number of anilines is 1. The third kappa shape index (κ3) is 2.40. The molecule has 1 N–H and O–H groups in total. The highest BCUT2D eigenvalue weighted by molar-refractivity contribution is 5.89. The third-order valence-electron chi connectivity index (χ3n) is 3.00. The van der Waals surface area contributed by atoms with E-state index in [9.17, 15) is 4.79 Å². The van der Waals surface area contributed by atoms with Gasteiger partial charge in [0, 0.05) is 18.2 Å². The summed E-state index contributed by atoms with van der Waals surface area (Å²) in [5, 5.41) is 2.73. The molecule has 0 aliphatic carbocycles. The Hall–Kier alpha value is -2.62. The molecule has 0 radical (unpaired) electrons. The van der Waals surface area contributed by atoms with Gasteiger partial charge in [0.25, 0.3) is 0 Å². The van der Waals surface area contributed by atoms with Crippen molar-refractivity contribution in [1.82, 2.24) is 4.98 Å². The molecule has 0 aliphatic rings. The van der Waals surface area contributed by atoms with Crippen LogP contribution in [0.4, 0.5) is 5.69 Å². The number of rotatable bonds is 2. The van der Waals surface area contributed by atoms with E-state index >= 15 is 0 Å². The summed E-state index contributed by atoms with van der Waals surface area (Å²) in [7, 11) is 0. The fourth-order valence-corrected chi connectivity index (χ4v) is 2.05. The summed E-state index contributed by atoms with van der Waals surface area (Å²) < 4.78 is 5.76. The first-order chi connectivity index (χ1) is 9.61. The molecule has 3 rings (SSSR count). The molecule has 1 heterocycles. The molecule has 0 saturated heterocycles. The molecule has 20 heavy (non-hydrogen) atoms. The van der Waals surface area contributed by atoms with Crippen molar-refractivity contribution < 1.29 is 9.21 Å². The maximum atomic E-state index is 11.0. The molecule has 0 fully saturated rings. The number of aryl methyl sites for hydroxylation is 1. The van der Waals surface area contributed by atoms with Gasteiger partial charge in [0.15, 0.2) is 5.58 Å². The molecule has 3 aromatic rings. The molecule has 0 atom stereocenters. The number of fused-ring (bicyclic) bond motifs is 1. The zero-order valence-corrected chi connectivity index (χ0v) is 11.3. The number of nitrogens with zero attached hydrogens (tertiary/aromatic N) is 1. The lowest BCUT2D eigenvalue weighted by atomic mass is 10.2. The minimum atomic E-state index is -0.0879. The molecule has 2 aromatic carbocycles. The Bertz CT molecular complexity index is 773. The predicted octanol–water partition coefficient (Wildman–Crippen LogP) is 3.76. The minimum Gasteiger partial charge on any atom is -0.436 e. The Labute approximate surface area is 116 Å². The van der Waals surface area contributed by atoms with Crippen molar-refractivity contribution in [3.05, 3.63) is 48.0 Å². The maximum absolute atomic E-state index is 11.0. The predicted molar refractivity (Wildman–Crippen MR) is 78.5 cm³/mol. The van der Waals surface area contributed by atoms with Crippen LogP contribution in [0.2, 0.25) is 0 Å². The summed E-state index contributed by atoms with van der Waals surface area (Å²) >= 11 is 0. The standard InChI is InChI=1S/C16H14N2O2/c1-10-3-8-14-15(9-10)20-16(18-14)12-4-6-13(7-5-12)17-11(2)19/h3-9H,1-2H3,(H,17,19). The van der Waals surface area contributed by atoms with Crippen molar-refractivity contribution in [3.8, 4) is 11.5 Å². The molecule has 0 aliphatic heterocycles. The molecule has 4 nitrogen and oxygen atoms in total. The summed E-state index contributed by atoms with van der Waals surface area (Å²) in [6, 6.07) is 13.3. The molecule has 1 amide bonds. The van der Waals surface area contributed by atoms with E-state index in [1.165, 1.54) is 6.92 Å². The summed E-state index contributed by atoms with van der Waals surface area (Å²) in [4.78, 5) is 15.4. The second kappa shape index (κ2) is 4.81. The van der Waals surface area contributed by atoms with Crippen LogP contribution in [0.5, 0.6) is 0 Å². The molecule has 0 unspecified atom stereocenters. The fourth-order valence-electron chi connectivity index (χ4n) is 2.05. The van der Waals surface area contributed by atoms with Crippen LogP contribution in [0.1, 0.15) is 12.5 Å². The second-order valence-electron chi connectivity index (χ2n) is 4.75. The summed E-state index contributed by atoms with van der Waals surface area (Å²) in [6.45, 7) is 3.50. The summed E-state index contributed by atoms with van der Waals surface area (Å²) in [6.07, 6.45) is 0. The zero-order chi connectivity index (χ0) is 14.1. The van der Waals surface area contributed by atoms with Gasteiger partial charge in [0.2, 0.25) is 11.8 Å². The number of aromatic nitrogens is 1. The Kier molecular flexibility index (Phi) is 2.99. The molecule has 4 heteroatoms. The molecular weight excluding hydrogens is 252 g/mol. The summed E-state index contributed by atoms with van der Waals surface area (Å²) in [5.74, 6) is 0.495. The molecule has 0 spiro atoms. The number of oxazole rings is 1. The zero-order valence-electron chi connectivity index (χ0n) is 11.3. The Morgan fingerprint density at radius 1 is 1.15 bits per heavy atom. The lowest BCUT2D eigenvalue weighted by Crippen LogP contribution is -2.05. The number of hydrogen-bond acceptors (Lipinski definition) is 3. The smallest absolute Gasteiger partial charge is 0.227 e. The van der Waals surface area contributed by atoms with Crippen molar-refractivity contribution in [2.75, 3.05) is 5.32 Å². The molecule has 0 bridgehead atoms. The van der Waals surface area contributed by atoms with E-state index in [1.54, 1.807) is 0 Å². The van der Waals surface area contributed by atoms with Crippen molar-refractivity contribution >= 4 is 22.7 Å². The van der Waals surface area contributed by atoms with E-state index in [2.05, 4.69) is 10.3 Å². The monoisotopic (exact) mass is 266 g/mol. The highest BCUT2D eigenvalue weighted by atomic mass is 16.3. The number of hydrogen-bond donors (Lipinski definition) is 1. The van der Waals surface area contributed by atoms with E-state index in [4.69, 9.17) is 4.42 Å². The number of nitrogens with one attached hydrogen (secondary N) is 1. The quantitative estimate of drug-likeness (QED) is 0.768. The first kappa shape index (κ1) is 12.4. The van der Waals surface area contributed by atoms with Gasteiger partial charge >= 0.3 is 0 Å². The van der Waals surface area contributed by atoms with E-state index < -0.39 is 0 Å². The van der Waals surface area contributed by atoms with E-state index in [0.29, 0.717) is 5.89 Å². The number of amides is 1. The van der Waals surface area contributed by atoms with Gasteiger partial charge in [-0.3, -0.25) is 4.79 Å². The second-order valence-corrected chi connectivity index (χ2v) is 4.75. The normalized spacial score (nSPS) is 10.7. The average molecular weight is 266 g/mol. The van der Waals surface area contributed by atoms with Gasteiger partial charge in [-0.1, -0.05) is 6.07 Å². The van der Waals surface area contributed by atoms with Crippen molar-refractivity contribution in [2.24, 2.45) is 0 Å². The molecular formula is C16H14N2O2. The van der Waals surface area contributed by atoms with Gasteiger partial charge in [-0.25, -0.2) is 4.98 Å². The number of benzene rings is 2. The maximum Gasteiger partial charge on any atom is 0.227 e. The van der Waals surface area contributed by atoms with Crippen LogP contribution >= 0.6 is 0 Å². The van der Waals surface area contributed by atoms with Crippen molar-refractivity contribution in [1.29, 1.82) is 0 Å². The Morgan fingerprint density at radius 3 is 2.60 bits per heavy atom. The van der Waals surface area contributed by atoms with E-state index in [0.717, 1.165) is 27.9 Å². The first-order valence-electron chi connectivity index (χ1n) is 6.37. The molecule has 0 saturated carbocycles. The molecule has 1 aromatic heterocycles. The average Bonchev–Trinajstić information content (AvgIpc) is 2.81. The topological polar surface area (TPSA) is 55.1 Å². The van der Waals surface area contributed by atoms with Crippen LogP contribution in [0.15, 0.2) is 46.9 Å². The third-order valence-corrected chi connectivity index (χ3v) is 3.00. The Balaban J connectivity index is 1.96.